The molecule has 1 saturated carbocycles. The zero-order chi connectivity index (χ0) is 13.5. The van der Waals surface area contributed by atoms with E-state index in [1.807, 2.05) is 0 Å². The molecule has 1 saturated heterocycles. The highest BCUT2D eigenvalue weighted by molar-refractivity contribution is 5.81. The molecule has 0 amide bonds. The number of hydrogen-bond acceptors (Lipinski definition) is 3. The van der Waals surface area contributed by atoms with Gasteiger partial charge in [0.2, 0.25) is 0 Å². The number of piperidine rings is 1. The second-order valence-corrected chi connectivity index (χ2v) is 6.16. The van der Waals surface area contributed by atoms with Crippen LogP contribution in [0.2, 0.25) is 0 Å². The molecule has 19 heavy (non-hydrogen) atoms. The summed E-state index contributed by atoms with van der Waals surface area (Å²) in [7, 11) is 0. The van der Waals surface area contributed by atoms with Gasteiger partial charge in [0.25, 0.3) is 0 Å². The van der Waals surface area contributed by atoms with Crippen LogP contribution in [0.4, 0.5) is 0 Å². The van der Waals surface area contributed by atoms with Crippen molar-refractivity contribution in [3.8, 4) is 0 Å². The molecule has 0 aromatic carbocycles. The lowest BCUT2D eigenvalue weighted by molar-refractivity contribution is -0.125. The third-order valence-corrected chi connectivity index (χ3v) is 4.87. The Bertz CT molecular complexity index is 266. The van der Waals surface area contributed by atoms with Crippen LogP contribution in [0.1, 0.15) is 58.3 Å². The van der Waals surface area contributed by atoms with Crippen LogP contribution < -0.4 is 5.32 Å². The number of Topliss-reactive ketones (excluding diaryl/α,β-unsaturated/α-hetero) is 1. The Kier molecular flexibility index (Phi) is 6.32. The zero-order valence-corrected chi connectivity index (χ0v) is 12.3. The number of nitrogens with one attached hydrogen (secondary N) is 1. The fourth-order valence-electron chi connectivity index (χ4n) is 3.39. The minimum atomic E-state index is 0.333. The number of rotatable bonds is 6. The lowest BCUT2D eigenvalue weighted by atomic mass is 9.78. The van der Waals surface area contributed by atoms with Crippen LogP contribution in [-0.2, 0) is 9.53 Å². The lowest BCUT2D eigenvalue weighted by Gasteiger charge is -2.27. The van der Waals surface area contributed by atoms with Gasteiger partial charge in [-0.25, -0.2) is 0 Å². The Hall–Kier alpha value is -0.410. The summed E-state index contributed by atoms with van der Waals surface area (Å²) in [6.07, 6.45) is 9.21. The van der Waals surface area contributed by atoms with Crippen LogP contribution in [0, 0.1) is 11.8 Å². The summed E-state index contributed by atoms with van der Waals surface area (Å²) in [6, 6.07) is 0. The minimum absolute atomic E-state index is 0.333. The second-order valence-electron chi connectivity index (χ2n) is 6.16. The standard InChI is InChI=1S/C16H29NO2/c1-2-13-3-5-14(6-4-13)16(18)9-12-19-15-7-10-17-11-8-15/h13-15,17H,2-12H2,1H3. The SMILES string of the molecule is CCC1CCC(C(=O)CCOC2CCNCC2)CC1. The van der Waals surface area contributed by atoms with Crippen molar-refractivity contribution in [1.29, 1.82) is 0 Å². The zero-order valence-electron chi connectivity index (χ0n) is 12.3. The Morgan fingerprint density at radius 1 is 1.11 bits per heavy atom. The maximum Gasteiger partial charge on any atom is 0.138 e. The van der Waals surface area contributed by atoms with Gasteiger partial charge < -0.3 is 10.1 Å². The topological polar surface area (TPSA) is 38.3 Å². The van der Waals surface area contributed by atoms with E-state index in [1.54, 1.807) is 0 Å². The van der Waals surface area contributed by atoms with Crippen molar-refractivity contribution in [2.45, 2.75) is 64.4 Å². The van der Waals surface area contributed by atoms with E-state index in [-0.39, 0.29) is 0 Å². The van der Waals surface area contributed by atoms with Crippen molar-refractivity contribution < 1.29 is 9.53 Å². The van der Waals surface area contributed by atoms with E-state index in [2.05, 4.69) is 12.2 Å². The van der Waals surface area contributed by atoms with Crippen LogP contribution in [0.15, 0.2) is 0 Å². The monoisotopic (exact) mass is 267 g/mol. The number of ether oxygens (including phenoxy) is 1. The molecule has 2 rings (SSSR count). The fourth-order valence-corrected chi connectivity index (χ4v) is 3.39. The minimum Gasteiger partial charge on any atom is -0.378 e. The highest BCUT2D eigenvalue weighted by atomic mass is 16.5. The van der Waals surface area contributed by atoms with Crippen molar-refractivity contribution in [2.75, 3.05) is 19.7 Å². The van der Waals surface area contributed by atoms with Gasteiger partial charge in [-0.1, -0.05) is 13.3 Å². The molecule has 0 aromatic heterocycles. The van der Waals surface area contributed by atoms with Gasteiger partial charge in [0.1, 0.15) is 5.78 Å². The summed E-state index contributed by atoms with van der Waals surface area (Å²) in [5, 5.41) is 3.33. The molecule has 3 nitrogen and oxygen atoms in total. The third kappa shape index (κ3) is 4.88. The first-order chi connectivity index (χ1) is 9.29. The van der Waals surface area contributed by atoms with E-state index in [1.165, 1.54) is 19.3 Å². The maximum absolute atomic E-state index is 12.1. The quantitative estimate of drug-likeness (QED) is 0.804. The van der Waals surface area contributed by atoms with Gasteiger partial charge in [-0.3, -0.25) is 4.79 Å². The maximum atomic E-state index is 12.1. The molecule has 2 fully saturated rings. The van der Waals surface area contributed by atoms with Gasteiger partial charge in [-0.05, 0) is 57.5 Å². The highest BCUT2D eigenvalue weighted by Crippen LogP contribution is 2.31. The lowest BCUT2D eigenvalue weighted by Crippen LogP contribution is -2.33. The van der Waals surface area contributed by atoms with E-state index in [4.69, 9.17) is 4.74 Å². The van der Waals surface area contributed by atoms with Crippen molar-refractivity contribution in [3.63, 3.8) is 0 Å². The molecule has 0 unspecified atom stereocenters. The second kappa shape index (κ2) is 8.01. The van der Waals surface area contributed by atoms with Gasteiger partial charge in [0, 0.05) is 12.3 Å². The first kappa shape index (κ1) is 15.0. The predicted octanol–water partition coefficient (Wildman–Crippen LogP) is 2.93. The van der Waals surface area contributed by atoms with Crippen LogP contribution in [0.25, 0.3) is 0 Å². The molecule has 0 aromatic rings. The van der Waals surface area contributed by atoms with Crippen molar-refractivity contribution in [2.24, 2.45) is 11.8 Å². The van der Waals surface area contributed by atoms with Crippen LogP contribution >= 0.6 is 0 Å². The molecule has 3 heteroatoms. The van der Waals surface area contributed by atoms with Crippen molar-refractivity contribution in [1.82, 2.24) is 5.32 Å². The molecule has 0 spiro atoms. The molecule has 0 radical (unpaired) electrons. The number of carbonyl (C=O) groups is 1. The first-order valence-electron chi connectivity index (χ1n) is 8.14. The summed E-state index contributed by atoms with van der Waals surface area (Å²) in [6.45, 7) is 5.01. The van der Waals surface area contributed by atoms with E-state index >= 15 is 0 Å². The average Bonchev–Trinajstić information content (AvgIpc) is 2.48. The molecule has 0 bridgehead atoms. The highest BCUT2D eigenvalue weighted by Gasteiger charge is 2.25. The van der Waals surface area contributed by atoms with Gasteiger partial charge in [0.15, 0.2) is 0 Å². The summed E-state index contributed by atoms with van der Waals surface area (Å²) in [4.78, 5) is 12.1. The number of ketones is 1. The smallest absolute Gasteiger partial charge is 0.138 e. The van der Waals surface area contributed by atoms with Gasteiger partial charge >= 0.3 is 0 Å². The summed E-state index contributed by atoms with van der Waals surface area (Å²) < 4.78 is 5.83. The van der Waals surface area contributed by atoms with E-state index in [0.717, 1.165) is 44.7 Å². The first-order valence-corrected chi connectivity index (χ1v) is 8.14. The normalized spacial score (nSPS) is 29.3. The number of carbonyl (C=O) groups excluding carboxylic acids is 1. The molecule has 1 N–H and O–H groups in total. The third-order valence-electron chi connectivity index (χ3n) is 4.87. The molecule has 1 heterocycles. The molecular formula is C16H29NO2. The van der Waals surface area contributed by atoms with Gasteiger partial charge in [-0.15, -0.1) is 0 Å². The summed E-state index contributed by atoms with van der Waals surface area (Å²) >= 11 is 0. The molecule has 110 valence electrons. The Balaban J connectivity index is 1.59. The van der Waals surface area contributed by atoms with Crippen molar-refractivity contribution >= 4 is 5.78 Å². The van der Waals surface area contributed by atoms with Crippen LogP contribution in [0.3, 0.4) is 0 Å². The Morgan fingerprint density at radius 2 is 1.79 bits per heavy atom. The van der Waals surface area contributed by atoms with E-state index < -0.39 is 0 Å². The average molecular weight is 267 g/mol. The number of hydrogen-bond donors (Lipinski definition) is 1. The van der Waals surface area contributed by atoms with E-state index in [0.29, 0.717) is 30.8 Å². The molecule has 2 aliphatic rings. The summed E-state index contributed by atoms with van der Waals surface area (Å²) in [5.74, 6) is 1.65. The summed E-state index contributed by atoms with van der Waals surface area (Å²) in [5.41, 5.74) is 0. The van der Waals surface area contributed by atoms with Gasteiger partial charge in [0.05, 0.1) is 12.7 Å². The largest absolute Gasteiger partial charge is 0.378 e. The Morgan fingerprint density at radius 3 is 2.42 bits per heavy atom. The van der Waals surface area contributed by atoms with E-state index in [9.17, 15) is 4.79 Å². The molecule has 1 aliphatic heterocycles. The molecule has 1 aliphatic carbocycles. The Labute approximate surface area is 117 Å². The predicted molar refractivity (Wildman–Crippen MR) is 77.2 cm³/mol. The van der Waals surface area contributed by atoms with Gasteiger partial charge in [-0.2, -0.15) is 0 Å². The fraction of sp³-hybridized carbons (Fsp3) is 0.938. The molecule has 0 atom stereocenters. The van der Waals surface area contributed by atoms with Crippen molar-refractivity contribution in [3.05, 3.63) is 0 Å². The van der Waals surface area contributed by atoms with Crippen LogP contribution in [0.5, 0.6) is 0 Å². The molecular weight excluding hydrogens is 238 g/mol. The van der Waals surface area contributed by atoms with Crippen LogP contribution in [-0.4, -0.2) is 31.6 Å².